The summed E-state index contributed by atoms with van der Waals surface area (Å²) >= 11 is 0. The fraction of sp³-hybridized carbons (Fsp3) is 0.583. The van der Waals surface area contributed by atoms with Gasteiger partial charge in [0.2, 0.25) is 5.91 Å². The van der Waals surface area contributed by atoms with Gasteiger partial charge < -0.3 is 10.4 Å². The summed E-state index contributed by atoms with van der Waals surface area (Å²) in [6, 6.07) is 0. The molecule has 0 aromatic carbocycles. The van der Waals surface area contributed by atoms with Crippen molar-refractivity contribution < 1.29 is 14.7 Å². The summed E-state index contributed by atoms with van der Waals surface area (Å²) < 4.78 is 0. The highest BCUT2D eigenvalue weighted by Gasteiger charge is 2.42. The summed E-state index contributed by atoms with van der Waals surface area (Å²) in [4.78, 5) is 23.1. The largest absolute Gasteiger partial charge is 0.480 e. The zero-order chi connectivity index (χ0) is 13.0. The average molecular weight is 251 g/mol. The topological polar surface area (TPSA) is 95.1 Å². The highest BCUT2D eigenvalue weighted by Crippen LogP contribution is 2.30. The van der Waals surface area contributed by atoms with E-state index in [1.807, 2.05) is 0 Å². The predicted octanol–water partition coefficient (Wildman–Crippen LogP) is 0.856. The highest BCUT2D eigenvalue weighted by atomic mass is 16.4. The summed E-state index contributed by atoms with van der Waals surface area (Å²) in [5, 5.41) is 18.4. The van der Waals surface area contributed by atoms with Crippen molar-refractivity contribution >= 4 is 11.9 Å². The second kappa shape index (κ2) is 5.20. The molecule has 0 saturated heterocycles. The van der Waals surface area contributed by atoms with Gasteiger partial charge in [-0.25, -0.2) is 4.79 Å². The lowest BCUT2D eigenvalue weighted by Crippen LogP contribution is -2.52. The monoisotopic (exact) mass is 251 g/mol. The number of H-pyrrole nitrogens is 1. The number of carboxylic acid groups (broad SMARTS) is 1. The van der Waals surface area contributed by atoms with Crippen LogP contribution in [0.5, 0.6) is 0 Å². The van der Waals surface area contributed by atoms with Crippen molar-refractivity contribution in [2.24, 2.45) is 0 Å². The zero-order valence-corrected chi connectivity index (χ0v) is 10.1. The smallest absolute Gasteiger partial charge is 0.329 e. The lowest BCUT2D eigenvalue weighted by atomic mass is 9.97. The third-order valence-electron chi connectivity index (χ3n) is 3.44. The Hall–Kier alpha value is -1.85. The van der Waals surface area contributed by atoms with Crippen molar-refractivity contribution in [3.63, 3.8) is 0 Å². The first kappa shape index (κ1) is 12.6. The number of amides is 1. The van der Waals surface area contributed by atoms with Gasteiger partial charge in [0.05, 0.1) is 6.20 Å². The van der Waals surface area contributed by atoms with E-state index < -0.39 is 11.5 Å². The number of hydrogen-bond donors (Lipinski definition) is 3. The molecule has 0 radical (unpaired) electrons. The third kappa shape index (κ3) is 2.69. The molecule has 0 unspecified atom stereocenters. The van der Waals surface area contributed by atoms with Gasteiger partial charge in [-0.05, 0) is 24.8 Å². The Morgan fingerprint density at radius 1 is 1.44 bits per heavy atom. The van der Waals surface area contributed by atoms with Crippen molar-refractivity contribution in [2.75, 3.05) is 0 Å². The Morgan fingerprint density at radius 3 is 2.72 bits per heavy atom. The minimum absolute atomic E-state index is 0.208. The van der Waals surface area contributed by atoms with Gasteiger partial charge in [0.1, 0.15) is 5.54 Å². The predicted molar refractivity (Wildman–Crippen MR) is 63.9 cm³/mol. The van der Waals surface area contributed by atoms with Gasteiger partial charge >= 0.3 is 5.97 Å². The molecule has 2 rings (SSSR count). The summed E-state index contributed by atoms with van der Waals surface area (Å²) in [7, 11) is 0. The van der Waals surface area contributed by atoms with Crippen LogP contribution in [0.25, 0.3) is 0 Å². The van der Waals surface area contributed by atoms with E-state index in [2.05, 4.69) is 15.5 Å². The van der Waals surface area contributed by atoms with E-state index in [9.17, 15) is 14.7 Å². The van der Waals surface area contributed by atoms with Crippen LogP contribution in [0.1, 0.15) is 37.7 Å². The van der Waals surface area contributed by atoms with Crippen LogP contribution in [0.3, 0.4) is 0 Å². The molecule has 1 aliphatic carbocycles. The minimum Gasteiger partial charge on any atom is -0.480 e. The lowest BCUT2D eigenvalue weighted by molar-refractivity contribution is -0.147. The van der Waals surface area contributed by atoms with Gasteiger partial charge in [-0.15, -0.1) is 0 Å². The molecule has 1 saturated carbocycles. The molecule has 18 heavy (non-hydrogen) atoms. The number of carboxylic acids is 1. The standard InChI is InChI=1S/C12H17N3O3/c16-10(4-3-9-7-13-14-8-9)15-12(11(17)18)5-1-2-6-12/h7-8H,1-6H2,(H,13,14)(H,15,16)(H,17,18). The molecule has 6 heteroatoms. The molecule has 0 spiro atoms. The quantitative estimate of drug-likeness (QED) is 0.723. The second-order valence-corrected chi connectivity index (χ2v) is 4.75. The number of rotatable bonds is 5. The first-order chi connectivity index (χ1) is 8.62. The minimum atomic E-state index is -1.03. The molecule has 6 nitrogen and oxygen atoms in total. The number of nitrogens with one attached hydrogen (secondary N) is 2. The summed E-state index contributed by atoms with van der Waals surface area (Å²) in [5.41, 5.74) is -0.0889. The number of aryl methyl sites for hydroxylation is 1. The van der Waals surface area contributed by atoms with Gasteiger partial charge in [0, 0.05) is 12.6 Å². The fourth-order valence-electron chi connectivity index (χ4n) is 2.37. The number of nitrogens with zero attached hydrogens (tertiary/aromatic N) is 1. The summed E-state index contributed by atoms with van der Waals surface area (Å²) in [5.74, 6) is -1.13. The molecule has 3 N–H and O–H groups in total. The maximum atomic E-state index is 11.8. The molecular formula is C12H17N3O3. The van der Waals surface area contributed by atoms with Crippen molar-refractivity contribution in [2.45, 2.75) is 44.1 Å². The van der Waals surface area contributed by atoms with Crippen molar-refractivity contribution in [3.05, 3.63) is 18.0 Å². The van der Waals surface area contributed by atoms with E-state index in [1.54, 1.807) is 12.4 Å². The second-order valence-electron chi connectivity index (χ2n) is 4.75. The molecular weight excluding hydrogens is 234 g/mol. The van der Waals surface area contributed by atoms with E-state index >= 15 is 0 Å². The SMILES string of the molecule is O=C(CCc1cn[nH]c1)NC1(C(=O)O)CCCC1. The molecule has 1 aromatic rings. The van der Waals surface area contributed by atoms with E-state index in [0.29, 0.717) is 19.3 Å². The van der Waals surface area contributed by atoms with Crippen LogP contribution in [0.2, 0.25) is 0 Å². The lowest BCUT2D eigenvalue weighted by Gasteiger charge is -2.25. The molecule has 1 fully saturated rings. The molecule has 0 atom stereocenters. The van der Waals surface area contributed by atoms with Crippen LogP contribution in [0, 0.1) is 0 Å². The van der Waals surface area contributed by atoms with Crippen LogP contribution in [0.4, 0.5) is 0 Å². The van der Waals surface area contributed by atoms with Gasteiger partial charge in [0.25, 0.3) is 0 Å². The van der Waals surface area contributed by atoms with E-state index in [1.165, 1.54) is 0 Å². The average Bonchev–Trinajstić information content (AvgIpc) is 2.97. The summed E-state index contributed by atoms with van der Waals surface area (Å²) in [6.45, 7) is 0. The van der Waals surface area contributed by atoms with E-state index in [0.717, 1.165) is 18.4 Å². The van der Waals surface area contributed by atoms with Crippen LogP contribution in [-0.2, 0) is 16.0 Å². The molecule has 1 heterocycles. The van der Waals surface area contributed by atoms with Crippen LogP contribution < -0.4 is 5.32 Å². The Bertz CT molecular complexity index is 422. The van der Waals surface area contributed by atoms with Gasteiger partial charge in [-0.1, -0.05) is 12.8 Å². The molecule has 1 amide bonds. The van der Waals surface area contributed by atoms with Crippen molar-refractivity contribution in [3.8, 4) is 0 Å². The maximum Gasteiger partial charge on any atom is 0.329 e. The van der Waals surface area contributed by atoms with Gasteiger partial charge in [0.15, 0.2) is 0 Å². The van der Waals surface area contributed by atoms with Crippen molar-refractivity contribution in [1.82, 2.24) is 15.5 Å². The molecule has 1 aromatic heterocycles. The molecule has 1 aliphatic rings. The number of aromatic amines is 1. The van der Waals surface area contributed by atoms with E-state index in [-0.39, 0.29) is 12.3 Å². The number of hydrogen-bond acceptors (Lipinski definition) is 3. The maximum absolute atomic E-state index is 11.8. The summed E-state index contributed by atoms with van der Waals surface area (Å²) in [6.07, 6.45) is 7.01. The molecule has 98 valence electrons. The number of carbonyl (C=O) groups is 2. The van der Waals surface area contributed by atoms with Crippen LogP contribution in [-0.4, -0.2) is 32.7 Å². The third-order valence-corrected chi connectivity index (χ3v) is 3.44. The normalized spacial score (nSPS) is 17.6. The van der Waals surface area contributed by atoms with Crippen LogP contribution >= 0.6 is 0 Å². The first-order valence-corrected chi connectivity index (χ1v) is 6.14. The molecule has 0 aliphatic heterocycles. The first-order valence-electron chi connectivity index (χ1n) is 6.14. The number of aliphatic carboxylic acids is 1. The number of carbonyl (C=O) groups excluding carboxylic acids is 1. The Balaban J connectivity index is 1.88. The Kier molecular flexibility index (Phi) is 3.64. The molecule has 0 bridgehead atoms. The zero-order valence-electron chi connectivity index (χ0n) is 10.1. The highest BCUT2D eigenvalue weighted by molar-refractivity contribution is 5.87. The van der Waals surface area contributed by atoms with E-state index in [4.69, 9.17) is 0 Å². The van der Waals surface area contributed by atoms with Gasteiger partial charge in [-0.3, -0.25) is 9.89 Å². The van der Waals surface area contributed by atoms with Crippen molar-refractivity contribution in [1.29, 1.82) is 0 Å². The fourth-order valence-corrected chi connectivity index (χ4v) is 2.37. The van der Waals surface area contributed by atoms with Crippen LogP contribution in [0.15, 0.2) is 12.4 Å². The number of aromatic nitrogens is 2. The Labute approximate surface area is 105 Å². The Morgan fingerprint density at radius 2 is 2.17 bits per heavy atom. The van der Waals surface area contributed by atoms with Gasteiger partial charge in [-0.2, -0.15) is 5.10 Å².